The Labute approximate surface area is 128 Å². The van der Waals surface area contributed by atoms with E-state index in [2.05, 4.69) is 40.3 Å². The van der Waals surface area contributed by atoms with E-state index in [9.17, 15) is 0 Å². The third-order valence-corrected chi connectivity index (χ3v) is 3.82. The van der Waals surface area contributed by atoms with Crippen molar-refractivity contribution in [3.8, 4) is 0 Å². The van der Waals surface area contributed by atoms with Crippen molar-refractivity contribution in [1.82, 2.24) is 4.98 Å². The van der Waals surface area contributed by atoms with Crippen molar-refractivity contribution in [1.29, 1.82) is 0 Å². The van der Waals surface area contributed by atoms with Gasteiger partial charge in [0.2, 0.25) is 0 Å². The number of hydrogen-bond donors (Lipinski definition) is 1. The van der Waals surface area contributed by atoms with Crippen LogP contribution >= 0.6 is 0 Å². The van der Waals surface area contributed by atoms with E-state index in [0.29, 0.717) is 0 Å². The van der Waals surface area contributed by atoms with Gasteiger partial charge in [-0.15, -0.1) is 5.11 Å². The highest BCUT2D eigenvalue weighted by Crippen LogP contribution is 2.33. The second kappa shape index (κ2) is 5.11. The van der Waals surface area contributed by atoms with Crippen LogP contribution in [0.1, 0.15) is 5.56 Å². The number of azo groups is 1. The molecule has 0 amide bonds. The van der Waals surface area contributed by atoms with Gasteiger partial charge in [-0.2, -0.15) is 5.11 Å². The first-order valence-corrected chi connectivity index (χ1v) is 7.29. The number of benzene rings is 3. The van der Waals surface area contributed by atoms with Crippen LogP contribution in [0, 0.1) is 6.92 Å². The lowest BCUT2D eigenvalue weighted by Crippen LogP contribution is -1.70. The fraction of sp³-hybridized carbons (Fsp3) is 0.0526. The molecule has 1 heterocycles. The molecule has 4 rings (SSSR count). The fourth-order valence-corrected chi connectivity index (χ4v) is 2.69. The molecule has 3 heteroatoms. The van der Waals surface area contributed by atoms with Crippen molar-refractivity contribution in [3.05, 3.63) is 72.3 Å². The first-order chi connectivity index (χ1) is 10.8. The van der Waals surface area contributed by atoms with E-state index in [-0.39, 0.29) is 0 Å². The van der Waals surface area contributed by atoms with Crippen molar-refractivity contribution in [3.63, 3.8) is 0 Å². The number of aromatic amines is 1. The molecule has 0 fully saturated rings. The minimum Gasteiger partial charge on any atom is -0.354 e. The SMILES string of the molecule is Cc1ccc(N=Nc2cccc3[nH]c4ccccc4c23)cc1. The molecule has 22 heavy (non-hydrogen) atoms. The van der Waals surface area contributed by atoms with Gasteiger partial charge in [-0.05, 0) is 37.3 Å². The maximum atomic E-state index is 4.46. The number of fused-ring (bicyclic) bond motifs is 3. The molecule has 3 nitrogen and oxygen atoms in total. The number of nitrogens with one attached hydrogen (secondary N) is 1. The van der Waals surface area contributed by atoms with Gasteiger partial charge in [-0.1, -0.05) is 42.0 Å². The van der Waals surface area contributed by atoms with Gasteiger partial charge in [0.05, 0.1) is 11.4 Å². The summed E-state index contributed by atoms with van der Waals surface area (Å²) >= 11 is 0. The van der Waals surface area contributed by atoms with E-state index in [1.54, 1.807) is 0 Å². The van der Waals surface area contributed by atoms with Crippen LogP contribution in [0.4, 0.5) is 11.4 Å². The Morgan fingerprint density at radius 1 is 0.727 bits per heavy atom. The number of hydrogen-bond acceptors (Lipinski definition) is 2. The molecular weight excluding hydrogens is 270 g/mol. The lowest BCUT2D eigenvalue weighted by Gasteiger charge is -1.97. The summed E-state index contributed by atoms with van der Waals surface area (Å²) in [6, 6.07) is 22.4. The highest BCUT2D eigenvalue weighted by molar-refractivity contribution is 6.12. The Balaban J connectivity index is 1.86. The van der Waals surface area contributed by atoms with Crippen LogP contribution in [0.5, 0.6) is 0 Å². The summed E-state index contributed by atoms with van der Waals surface area (Å²) in [4.78, 5) is 3.42. The molecule has 0 unspecified atom stereocenters. The molecule has 0 aliphatic carbocycles. The zero-order valence-corrected chi connectivity index (χ0v) is 12.2. The van der Waals surface area contributed by atoms with E-state index >= 15 is 0 Å². The summed E-state index contributed by atoms with van der Waals surface area (Å²) < 4.78 is 0. The van der Waals surface area contributed by atoms with Crippen molar-refractivity contribution in [2.45, 2.75) is 6.92 Å². The van der Waals surface area contributed by atoms with Crippen LogP contribution in [0.25, 0.3) is 21.8 Å². The van der Waals surface area contributed by atoms with Crippen molar-refractivity contribution in [2.24, 2.45) is 10.2 Å². The molecule has 1 aromatic heterocycles. The third kappa shape index (κ3) is 2.17. The maximum absolute atomic E-state index is 4.46. The molecule has 0 aliphatic heterocycles. The number of H-pyrrole nitrogens is 1. The average molecular weight is 285 g/mol. The van der Waals surface area contributed by atoms with Gasteiger partial charge in [0, 0.05) is 21.8 Å². The minimum absolute atomic E-state index is 0.863. The highest BCUT2D eigenvalue weighted by Gasteiger charge is 2.07. The van der Waals surface area contributed by atoms with Crippen LogP contribution in [0.3, 0.4) is 0 Å². The molecule has 4 aromatic rings. The van der Waals surface area contributed by atoms with Gasteiger partial charge < -0.3 is 4.98 Å². The maximum Gasteiger partial charge on any atom is 0.0957 e. The van der Waals surface area contributed by atoms with Gasteiger partial charge in [-0.25, -0.2) is 0 Å². The second-order valence-corrected chi connectivity index (χ2v) is 5.41. The normalized spacial score (nSPS) is 11.7. The van der Waals surface area contributed by atoms with Crippen molar-refractivity contribution >= 4 is 33.2 Å². The van der Waals surface area contributed by atoms with E-state index < -0.39 is 0 Å². The number of rotatable bonds is 2. The Bertz CT molecular complexity index is 979. The van der Waals surface area contributed by atoms with Crippen LogP contribution in [-0.2, 0) is 0 Å². The zero-order valence-electron chi connectivity index (χ0n) is 12.2. The summed E-state index contributed by atoms with van der Waals surface area (Å²) in [6.07, 6.45) is 0. The molecule has 0 saturated heterocycles. The van der Waals surface area contributed by atoms with Crippen molar-refractivity contribution < 1.29 is 0 Å². The Kier molecular flexibility index (Phi) is 2.97. The number of aryl methyl sites for hydroxylation is 1. The summed E-state index contributed by atoms with van der Waals surface area (Å²) in [6.45, 7) is 2.06. The molecule has 1 N–H and O–H groups in total. The Morgan fingerprint density at radius 2 is 1.50 bits per heavy atom. The monoisotopic (exact) mass is 285 g/mol. The van der Waals surface area contributed by atoms with Gasteiger partial charge in [0.25, 0.3) is 0 Å². The Morgan fingerprint density at radius 3 is 2.36 bits per heavy atom. The topological polar surface area (TPSA) is 40.5 Å². The number of para-hydroxylation sites is 1. The zero-order chi connectivity index (χ0) is 14.9. The van der Waals surface area contributed by atoms with E-state index in [1.807, 2.05) is 48.5 Å². The van der Waals surface area contributed by atoms with Crippen LogP contribution < -0.4 is 0 Å². The summed E-state index contributed by atoms with van der Waals surface area (Å²) in [5.74, 6) is 0. The predicted octanol–water partition coefficient (Wildman–Crippen LogP) is 6.04. The van der Waals surface area contributed by atoms with Gasteiger partial charge in [0.15, 0.2) is 0 Å². The third-order valence-electron chi connectivity index (χ3n) is 3.82. The van der Waals surface area contributed by atoms with E-state index in [0.717, 1.165) is 27.8 Å². The van der Waals surface area contributed by atoms with E-state index in [1.165, 1.54) is 10.9 Å². The minimum atomic E-state index is 0.863. The molecule has 0 bridgehead atoms. The van der Waals surface area contributed by atoms with Crippen LogP contribution in [0.2, 0.25) is 0 Å². The molecule has 3 aromatic carbocycles. The molecule has 0 saturated carbocycles. The van der Waals surface area contributed by atoms with Crippen LogP contribution in [-0.4, -0.2) is 4.98 Å². The van der Waals surface area contributed by atoms with E-state index in [4.69, 9.17) is 0 Å². The lowest BCUT2D eigenvalue weighted by molar-refractivity contribution is 1.24. The molecule has 0 atom stereocenters. The fourth-order valence-electron chi connectivity index (χ4n) is 2.69. The summed E-state index contributed by atoms with van der Waals surface area (Å²) in [5, 5.41) is 11.1. The quantitative estimate of drug-likeness (QED) is 0.436. The smallest absolute Gasteiger partial charge is 0.0957 e. The predicted molar refractivity (Wildman–Crippen MR) is 91.2 cm³/mol. The van der Waals surface area contributed by atoms with Gasteiger partial charge in [0.1, 0.15) is 0 Å². The molecule has 106 valence electrons. The van der Waals surface area contributed by atoms with Crippen LogP contribution in [0.15, 0.2) is 77.0 Å². The molecule has 0 spiro atoms. The molecule has 0 aliphatic rings. The largest absolute Gasteiger partial charge is 0.354 e. The highest BCUT2D eigenvalue weighted by atomic mass is 15.1. The summed E-state index contributed by atoms with van der Waals surface area (Å²) in [7, 11) is 0. The Hall–Kier alpha value is -2.94. The number of aromatic nitrogens is 1. The van der Waals surface area contributed by atoms with Gasteiger partial charge in [-0.3, -0.25) is 0 Å². The number of nitrogens with zero attached hydrogens (tertiary/aromatic N) is 2. The lowest BCUT2D eigenvalue weighted by atomic mass is 10.1. The second-order valence-electron chi connectivity index (χ2n) is 5.41. The first-order valence-electron chi connectivity index (χ1n) is 7.29. The standard InChI is InChI=1S/C19H15N3/c1-13-9-11-14(12-10-13)21-22-18-8-4-7-17-19(18)15-5-2-3-6-16(15)20-17/h2-12,20H,1H3. The molecular formula is C19H15N3. The summed E-state index contributed by atoms with van der Waals surface area (Å²) in [5.41, 5.74) is 5.17. The average Bonchev–Trinajstić information content (AvgIpc) is 2.93. The molecule has 0 radical (unpaired) electrons. The first kappa shape index (κ1) is 12.8. The van der Waals surface area contributed by atoms with Crippen molar-refractivity contribution in [2.75, 3.05) is 0 Å². The van der Waals surface area contributed by atoms with Gasteiger partial charge >= 0.3 is 0 Å².